The van der Waals surface area contributed by atoms with Crippen LogP contribution in [0.5, 0.6) is 0 Å². The molecule has 1 saturated heterocycles. The highest BCUT2D eigenvalue weighted by Gasteiger charge is 2.25. The summed E-state index contributed by atoms with van der Waals surface area (Å²) >= 11 is 5.93. The summed E-state index contributed by atoms with van der Waals surface area (Å²) in [5.74, 6) is -0.130. The normalized spacial score (nSPS) is 17.2. The number of aromatic nitrogens is 2. The summed E-state index contributed by atoms with van der Waals surface area (Å²) in [6.45, 7) is 2.91. The molecule has 1 atom stereocenters. The van der Waals surface area contributed by atoms with Crippen molar-refractivity contribution in [2.45, 2.75) is 19.0 Å². The Labute approximate surface area is 146 Å². The maximum absolute atomic E-state index is 12.3. The highest BCUT2D eigenvalue weighted by Crippen LogP contribution is 2.22. The first-order valence-corrected chi connectivity index (χ1v) is 8.37. The van der Waals surface area contributed by atoms with Gasteiger partial charge in [-0.15, -0.1) is 0 Å². The molecule has 1 N–H and O–H groups in total. The average Bonchev–Trinajstić information content (AvgIpc) is 3.23. The number of carbonyl (C=O) groups is 1. The third kappa shape index (κ3) is 4.07. The first-order chi connectivity index (χ1) is 11.7. The summed E-state index contributed by atoms with van der Waals surface area (Å²) in [6.07, 6.45) is 2.71. The monoisotopic (exact) mass is 348 g/mol. The van der Waals surface area contributed by atoms with Crippen LogP contribution in [0.15, 0.2) is 36.5 Å². The maximum Gasteiger partial charge on any atom is 0.272 e. The Bertz CT molecular complexity index is 686. The van der Waals surface area contributed by atoms with Crippen molar-refractivity contribution in [3.05, 3.63) is 47.2 Å². The van der Waals surface area contributed by atoms with Crippen LogP contribution in [0, 0.1) is 0 Å². The standard InChI is InChI=1S/C17H21ClN4O2/c1-24-11-10-22-9-7-16(20-22)17(23)19-14-6-8-21(12-14)15-4-2-13(18)3-5-15/h2-5,7,9,14H,6,8,10-12H2,1H3,(H,19,23)/t14-/m0/s1. The van der Waals surface area contributed by atoms with Crippen molar-refractivity contribution < 1.29 is 9.53 Å². The zero-order valence-corrected chi connectivity index (χ0v) is 14.4. The van der Waals surface area contributed by atoms with Gasteiger partial charge in [-0.25, -0.2) is 0 Å². The molecule has 0 saturated carbocycles. The van der Waals surface area contributed by atoms with Crippen LogP contribution in [0.25, 0.3) is 0 Å². The molecular formula is C17H21ClN4O2. The largest absolute Gasteiger partial charge is 0.383 e. The van der Waals surface area contributed by atoms with Crippen molar-refractivity contribution in [2.75, 3.05) is 31.7 Å². The van der Waals surface area contributed by atoms with E-state index in [9.17, 15) is 4.79 Å². The molecule has 0 aliphatic carbocycles. The second-order valence-electron chi connectivity index (χ2n) is 5.84. The van der Waals surface area contributed by atoms with E-state index >= 15 is 0 Å². The van der Waals surface area contributed by atoms with Gasteiger partial charge >= 0.3 is 0 Å². The number of rotatable bonds is 6. The first-order valence-electron chi connectivity index (χ1n) is 7.99. The molecular weight excluding hydrogens is 328 g/mol. The number of anilines is 1. The van der Waals surface area contributed by atoms with Crippen LogP contribution in [0.4, 0.5) is 5.69 Å². The minimum atomic E-state index is -0.130. The quantitative estimate of drug-likeness (QED) is 0.869. The SMILES string of the molecule is COCCn1ccc(C(=O)N[C@H]2CCN(c3ccc(Cl)cc3)C2)n1. The van der Waals surface area contributed by atoms with Gasteiger partial charge in [0.05, 0.1) is 13.2 Å². The topological polar surface area (TPSA) is 59.4 Å². The highest BCUT2D eigenvalue weighted by atomic mass is 35.5. The zero-order valence-electron chi connectivity index (χ0n) is 13.6. The Hall–Kier alpha value is -2.05. The third-order valence-electron chi connectivity index (χ3n) is 4.11. The molecule has 1 aliphatic heterocycles. The summed E-state index contributed by atoms with van der Waals surface area (Å²) in [7, 11) is 1.64. The number of hydrogen-bond acceptors (Lipinski definition) is 4. The molecule has 0 unspecified atom stereocenters. The van der Waals surface area contributed by atoms with Crippen LogP contribution in [0.3, 0.4) is 0 Å². The lowest BCUT2D eigenvalue weighted by Crippen LogP contribution is -2.37. The molecule has 7 heteroatoms. The first kappa shape index (κ1) is 16.8. The summed E-state index contributed by atoms with van der Waals surface area (Å²) in [5.41, 5.74) is 1.57. The van der Waals surface area contributed by atoms with E-state index in [1.807, 2.05) is 24.3 Å². The average molecular weight is 349 g/mol. The van der Waals surface area contributed by atoms with E-state index in [2.05, 4.69) is 15.3 Å². The Morgan fingerprint density at radius 3 is 2.92 bits per heavy atom. The minimum Gasteiger partial charge on any atom is -0.383 e. The van der Waals surface area contributed by atoms with Gasteiger partial charge in [-0.2, -0.15) is 5.10 Å². The summed E-state index contributed by atoms with van der Waals surface area (Å²) < 4.78 is 6.72. The van der Waals surface area contributed by atoms with Crippen LogP contribution in [0.1, 0.15) is 16.9 Å². The van der Waals surface area contributed by atoms with Gasteiger partial charge in [0.25, 0.3) is 5.91 Å². The Morgan fingerprint density at radius 1 is 1.38 bits per heavy atom. The lowest BCUT2D eigenvalue weighted by Gasteiger charge is -2.19. The van der Waals surface area contributed by atoms with Gasteiger partial charge in [0.15, 0.2) is 0 Å². The molecule has 1 aliphatic rings. The van der Waals surface area contributed by atoms with E-state index in [4.69, 9.17) is 16.3 Å². The molecule has 2 heterocycles. The molecule has 6 nitrogen and oxygen atoms in total. The molecule has 1 amide bonds. The Morgan fingerprint density at radius 2 is 2.17 bits per heavy atom. The van der Waals surface area contributed by atoms with Gasteiger partial charge < -0.3 is 15.0 Å². The molecule has 24 heavy (non-hydrogen) atoms. The maximum atomic E-state index is 12.3. The Kier molecular flexibility index (Phi) is 5.37. The number of halogens is 1. The van der Waals surface area contributed by atoms with Crippen LogP contribution < -0.4 is 10.2 Å². The fourth-order valence-corrected chi connectivity index (χ4v) is 2.94. The van der Waals surface area contributed by atoms with Gasteiger partial charge in [-0.1, -0.05) is 11.6 Å². The van der Waals surface area contributed by atoms with E-state index in [0.717, 1.165) is 30.2 Å². The second kappa shape index (κ2) is 7.68. The molecule has 0 bridgehead atoms. The van der Waals surface area contributed by atoms with Crippen molar-refractivity contribution in [2.24, 2.45) is 0 Å². The minimum absolute atomic E-state index is 0.123. The predicted molar refractivity (Wildman–Crippen MR) is 93.6 cm³/mol. The van der Waals surface area contributed by atoms with Crippen LogP contribution >= 0.6 is 11.6 Å². The van der Waals surface area contributed by atoms with Crippen molar-refractivity contribution >= 4 is 23.2 Å². The van der Waals surface area contributed by atoms with Gasteiger partial charge in [-0.05, 0) is 36.8 Å². The molecule has 3 rings (SSSR count). The number of nitrogens with zero attached hydrogens (tertiary/aromatic N) is 3. The summed E-state index contributed by atoms with van der Waals surface area (Å²) in [4.78, 5) is 14.6. The van der Waals surface area contributed by atoms with Crippen LogP contribution in [-0.2, 0) is 11.3 Å². The molecule has 1 aromatic carbocycles. The molecule has 128 valence electrons. The molecule has 1 fully saturated rings. The van der Waals surface area contributed by atoms with E-state index in [-0.39, 0.29) is 11.9 Å². The van der Waals surface area contributed by atoms with E-state index < -0.39 is 0 Å². The molecule has 0 spiro atoms. The number of benzene rings is 1. The number of ether oxygens (including phenoxy) is 1. The van der Waals surface area contributed by atoms with Gasteiger partial charge in [0.2, 0.25) is 0 Å². The second-order valence-corrected chi connectivity index (χ2v) is 6.27. The highest BCUT2D eigenvalue weighted by molar-refractivity contribution is 6.30. The van der Waals surface area contributed by atoms with Crippen molar-refractivity contribution in [3.8, 4) is 0 Å². The van der Waals surface area contributed by atoms with E-state index in [0.29, 0.717) is 18.8 Å². The van der Waals surface area contributed by atoms with E-state index in [1.165, 1.54) is 0 Å². The predicted octanol–water partition coefficient (Wildman–Crippen LogP) is 2.19. The van der Waals surface area contributed by atoms with Crippen molar-refractivity contribution in [3.63, 3.8) is 0 Å². The fraction of sp³-hybridized carbons (Fsp3) is 0.412. The van der Waals surface area contributed by atoms with Gasteiger partial charge in [0.1, 0.15) is 5.69 Å². The number of hydrogen-bond donors (Lipinski definition) is 1. The number of methoxy groups -OCH3 is 1. The van der Waals surface area contributed by atoms with Crippen LogP contribution in [0.2, 0.25) is 5.02 Å². The van der Waals surface area contributed by atoms with Crippen molar-refractivity contribution in [1.82, 2.24) is 15.1 Å². The third-order valence-corrected chi connectivity index (χ3v) is 4.37. The van der Waals surface area contributed by atoms with Gasteiger partial charge in [0, 0.05) is 43.1 Å². The molecule has 2 aromatic rings. The van der Waals surface area contributed by atoms with E-state index in [1.54, 1.807) is 24.1 Å². The summed E-state index contributed by atoms with van der Waals surface area (Å²) in [5, 5.41) is 8.06. The molecule has 1 aromatic heterocycles. The van der Waals surface area contributed by atoms with Crippen molar-refractivity contribution in [1.29, 1.82) is 0 Å². The summed E-state index contributed by atoms with van der Waals surface area (Å²) in [6, 6.07) is 9.63. The van der Waals surface area contributed by atoms with Crippen LogP contribution in [-0.4, -0.2) is 48.5 Å². The number of nitrogens with one attached hydrogen (secondary N) is 1. The number of amides is 1. The molecule has 0 radical (unpaired) electrons. The Balaban J connectivity index is 1.54. The lowest BCUT2D eigenvalue weighted by molar-refractivity contribution is 0.0934. The number of carbonyl (C=O) groups excluding carboxylic acids is 1. The zero-order chi connectivity index (χ0) is 16.9. The van der Waals surface area contributed by atoms with Gasteiger partial charge in [-0.3, -0.25) is 9.48 Å². The fourth-order valence-electron chi connectivity index (χ4n) is 2.82. The smallest absolute Gasteiger partial charge is 0.272 e. The lowest BCUT2D eigenvalue weighted by atomic mass is 10.2.